The summed E-state index contributed by atoms with van der Waals surface area (Å²) in [5, 5.41) is 5.88. The van der Waals surface area contributed by atoms with E-state index in [0.717, 1.165) is 0 Å². The van der Waals surface area contributed by atoms with Crippen molar-refractivity contribution in [2.45, 2.75) is 33.2 Å². The summed E-state index contributed by atoms with van der Waals surface area (Å²) in [6.45, 7) is 8.04. The summed E-state index contributed by atoms with van der Waals surface area (Å²) < 4.78 is 12.9. The number of carbonyl (C=O) groups excluding carboxylic acids is 1. The zero-order valence-corrected chi connectivity index (χ0v) is 10.7. The highest BCUT2D eigenvalue weighted by molar-refractivity contribution is 5.98. The minimum atomic E-state index is -0.643. The molecule has 1 rings (SSSR count). The summed E-state index contributed by atoms with van der Waals surface area (Å²) in [5.41, 5.74) is 0.711. The van der Waals surface area contributed by atoms with E-state index in [4.69, 9.17) is 0 Å². The van der Waals surface area contributed by atoms with Crippen LogP contribution in [-0.2, 0) is 4.79 Å². The Morgan fingerprint density at radius 2 is 2.06 bits per heavy atom. The average molecular weight is 238 g/mol. The van der Waals surface area contributed by atoms with Gasteiger partial charge >= 0.3 is 0 Å². The zero-order valence-electron chi connectivity index (χ0n) is 10.7. The molecule has 0 bridgehead atoms. The summed E-state index contributed by atoms with van der Waals surface area (Å²) >= 11 is 0. The Balaban J connectivity index is 2.81. The SMILES string of the molecule is CCNC(C)(C)C(=O)Nc1ccc(F)cc1C. The van der Waals surface area contributed by atoms with Crippen molar-refractivity contribution >= 4 is 11.6 Å². The molecule has 2 N–H and O–H groups in total. The Morgan fingerprint density at radius 1 is 1.41 bits per heavy atom. The molecule has 3 nitrogen and oxygen atoms in total. The Bertz CT molecular complexity index is 416. The van der Waals surface area contributed by atoms with Gasteiger partial charge in [0.05, 0.1) is 5.54 Å². The van der Waals surface area contributed by atoms with E-state index in [0.29, 0.717) is 17.8 Å². The van der Waals surface area contributed by atoms with Crippen LogP contribution in [0.3, 0.4) is 0 Å². The van der Waals surface area contributed by atoms with Gasteiger partial charge in [0, 0.05) is 5.69 Å². The van der Waals surface area contributed by atoms with E-state index in [-0.39, 0.29) is 11.7 Å². The minimum absolute atomic E-state index is 0.131. The van der Waals surface area contributed by atoms with Crippen LogP contribution in [0, 0.1) is 12.7 Å². The van der Waals surface area contributed by atoms with Crippen molar-refractivity contribution in [2.24, 2.45) is 0 Å². The first-order valence-electron chi connectivity index (χ1n) is 5.69. The van der Waals surface area contributed by atoms with Gasteiger partial charge in [-0.1, -0.05) is 6.92 Å². The lowest BCUT2D eigenvalue weighted by atomic mass is 10.0. The molecule has 1 amide bonds. The van der Waals surface area contributed by atoms with Crippen LogP contribution in [-0.4, -0.2) is 18.0 Å². The number of halogens is 1. The molecule has 1 aromatic carbocycles. The maximum Gasteiger partial charge on any atom is 0.244 e. The average Bonchev–Trinajstić information content (AvgIpc) is 2.22. The molecule has 0 saturated carbocycles. The summed E-state index contributed by atoms with van der Waals surface area (Å²) in [7, 11) is 0. The molecule has 0 aliphatic rings. The first-order valence-corrected chi connectivity index (χ1v) is 5.69. The van der Waals surface area contributed by atoms with Crippen molar-refractivity contribution in [3.63, 3.8) is 0 Å². The predicted molar refractivity (Wildman–Crippen MR) is 67.5 cm³/mol. The number of hydrogen-bond donors (Lipinski definition) is 2. The smallest absolute Gasteiger partial charge is 0.244 e. The highest BCUT2D eigenvalue weighted by Gasteiger charge is 2.26. The van der Waals surface area contributed by atoms with E-state index in [1.807, 2.05) is 20.8 Å². The standard InChI is InChI=1S/C13H19FN2O/c1-5-15-13(3,4)12(17)16-11-7-6-10(14)8-9(11)2/h6-8,15H,5H2,1-4H3,(H,16,17). The molecule has 0 atom stereocenters. The molecular weight excluding hydrogens is 219 g/mol. The Morgan fingerprint density at radius 3 is 2.59 bits per heavy atom. The van der Waals surface area contributed by atoms with E-state index in [9.17, 15) is 9.18 Å². The minimum Gasteiger partial charge on any atom is -0.324 e. The normalized spacial score (nSPS) is 11.4. The summed E-state index contributed by atoms with van der Waals surface area (Å²) in [6.07, 6.45) is 0. The van der Waals surface area contributed by atoms with E-state index in [1.165, 1.54) is 12.1 Å². The number of benzene rings is 1. The number of nitrogens with one attached hydrogen (secondary N) is 2. The van der Waals surface area contributed by atoms with Gasteiger partial charge in [-0.05, 0) is 51.1 Å². The van der Waals surface area contributed by atoms with Crippen LogP contribution in [0.2, 0.25) is 0 Å². The number of hydrogen-bond acceptors (Lipinski definition) is 2. The van der Waals surface area contributed by atoms with Crippen molar-refractivity contribution in [2.75, 3.05) is 11.9 Å². The highest BCUT2D eigenvalue weighted by atomic mass is 19.1. The van der Waals surface area contributed by atoms with Crippen LogP contribution in [0.5, 0.6) is 0 Å². The lowest BCUT2D eigenvalue weighted by Gasteiger charge is -2.24. The second-order valence-electron chi connectivity index (χ2n) is 4.57. The molecule has 0 heterocycles. The lowest BCUT2D eigenvalue weighted by molar-refractivity contribution is -0.121. The van der Waals surface area contributed by atoms with Crippen LogP contribution < -0.4 is 10.6 Å². The lowest BCUT2D eigenvalue weighted by Crippen LogP contribution is -2.49. The third-order valence-corrected chi connectivity index (χ3v) is 2.62. The first kappa shape index (κ1) is 13.6. The van der Waals surface area contributed by atoms with Crippen molar-refractivity contribution in [3.8, 4) is 0 Å². The quantitative estimate of drug-likeness (QED) is 0.846. The van der Waals surface area contributed by atoms with Crippen LogP contribution in [0.15, 0.2) is 18.2 Å². The molecule has 0 radical (unpaired) electrons. The van der Waals surface area contributed by atoms with E-state index >= 15 is 0 Å². The number of rotatable bonds is 4. The van der Waals surface area contributed by atoms with Gasteiger partial charge in [0.15, 0.2) is 0 Å². The molecule has 0 aromatic heterocycles. The van der Waals surface area contributed by atoms with Gasteiger partial charge in [0.25, 0.3) is 0 Å². The maximum atomic E-state index is 12.9. The second kappa shape index (κ2) is 5.27. The van der Waals surface area contributed by atoms with Crippen LogP contribution in [0.4, 0.5) is 10.1 Å². The van der Waals surface area contributed by atoms with Gasteiger partial charge in [-0.15, -0.1) is 0 Å². The second-order valence-corrected chi connectivity index (χ2v) is 4.57. The molecule has 0 spiro atoms. The molecule has 0 unspecified atom stereocenters. The molecule has 17 heavy (non-hydrogen) atoms. The van der Waals surface area contributed by atoms with Gasteiger partial charge in [0.1, 0.15) is 5.82 Å². The third-order valence-electron chi connectivity index (χ3n) is 2.62. The number of likely N-dealkylation sites (N-methyl/N-ethyl adjacent to an activating group) is 1. The topological polar surface area (TPSA) is 41.1 Å². The van der Waals surface area contributed by atoms with Crippen LogP contribution in [0.25, 0.3) is 0 Å². The Labute approximate surface area is 101 Å². The van der Waals surface area contributed by atoms with Crippen molar-refractivity contribution in [1.82, 2.24) is 5.32 Å². The van der Waals surface area contributed by atoms with E-state index < -0.39 is 5.54 Å². The van der Waals surface area contributed by atoms with Gasteiger partial charge in [0.2, 0.25) is 5.91 Å². The predicted octanol–water partition coefficient (Wildman–Crippen LogP) is 2.46. The van der Waals surface area contributed by atoms with Crippen molar-refractivity contribution in [3.05, 3.63) is 29.6 Å². The molecule has 94 valence electrons. The van der Waals surface area contributed by atoms with E-state index in [1.54, 1.807) is 13.0 Å². The van der Waals surface area contributed by atoms with Crippen molar-refractivity contribution < 1.29 is 9.18 Å². The molecule has 0 aliphatic heterocycles. The molecule has 1 aromatic rings. The zero-order chi connectivity index (χ0) is 13.1. The van der Waals surface area contributed by atoms with Crippen LogP contribution in [0.1, 0.15) is 26.3 Å². The first-order chi connectivity index (χ1) is 7.86. The van der Waals surface area contributed by atoms with Crippen LogP contribution >= 0.6 is 0 Å². The maximum absolute atomic E-state index is 12.9. The molecule has 0 fully saturated rings. The van der Waals surface area contributed by atoms with Crippen molar-refractivity contribution in [1.29, 1.82) is 0 Å². The molecular formula is C13H19FN2O. The number of aryl methyl sites for hydroxylation is 1. The highest BCUT2D eigenvalue weighted by Crippen LogP contribution is 2.17. The van der Waals surface area contributed by atoms with Gasteiger partial charge in [-0.25, -0.2) is 4.39 Å². The Kier molecular flexibility index (Phi) is 4.23. The fourth-order valence-corrected chi connectivity index (χ4v) is 1.57. The fourth-order valence-electron chi connectivity index (χ4n) is 1.57. The van der Waals surface area contributed by atoms with Gasteiger partial charge in [-0.2, -0.15) is 0 Å². The van der Waals surface area contributed by atoms with Gasteiger partial charge in [-0.3, -0.25) is 4.79 Å². The summed E-state index contributed by atoms with van der Waals surface area (Å²) in [6, 6.07) is 4.31. The number of anilines is 1. The van der Waals surface area contributed by atoms with E-state index in [2.05, 4.69) is 10.6 Å². The molecule has 0 saturated heterocycles. The molecule has 4 heteroatoms. The Hall–Kier alpha value is -1.42. The summed E-state index contributed by atoms with van der Waals surface area (Å²) in [4.78, 5) is 12.0. The number of amides is 1. The largest absolute Gasteiger partial charge is 0.324 e. The van der Waals surface area contributed by atoms with Gasteiger partial charge < -0.3 is 10.6 Å². The third kappa shape index (κ3) is 3.53. The molecule has 0 aliphatic carbocycles. The monoisotopic (exact) mass is 238 g/mol. The summed E-state index contributed by atoms with van der Waals surface area (Å²) in [5.74, 6) is -0.430. The number of carbonyl (C=O) groups is 1. The fraction of sp³-hybridized carbons (Fsp3) is 0.462.